The summed E-state index contributed by atoms with van der Waals surface area (Å²) in [5.74, 6) is 0.696. The molecule has 0 aliphatic carbocycles. The summed E-state index contributed by atoms with van der Waals surface area (Å²) < 4.78 is 1.87. The first kappa shape index (κ1) is 14.1. The molecule has 0 N–H and O–H groups in total. The van der Waals surface area contributed by atoms with Gasteiger partial charge in [-0.3, -0.25) is 19.6 Å². The van der Waals surface area contributed by atoms with Gasteiger partial charge >= 0.3 is 0 Å². The third-order valence-electron chi connectivity index (χ3n) is 4.86. The largest absolute Gasteiger partial charge is 0.342 e. The van der Waals surface area contributed by atoms with Gasteiger partial charge in [0.15, 0.2) is 0 Å². The number of amides is 1. The van der Waals surface area contributed by atoms with Gasteiger partial charge in [-0.25, -0.2) is 0 Å². The number of nitrogens with zero attached hydrogens (tertiary/aromatic N) is 4. The Hall–Kier alpha value is -2.50. The molecule has 0 spiro atoms. The van der Waals surface area contributed by atoms with Crippen LogP contribution >= 0.6 is 0 Å². The van der Waals surface area contributed by atoms with Crippen molar-refractivity contribution in [2.75, 3.05) is 13.1 Å². The third-order valence-corrected chi connectivity index (χ3v) is 4.86. The molecule has 23 heavy (non-hydrogen) atoms. The average molecular weight is 310 g/mol. The Morgan fingerprint density at radius 2 is 2.09 bits per heavy atom. The number of carbonyl (C=O) groups excluding carboxylic acids is 1. The van der Waals surface area contributed by atoms with Gasteiger partial charge in [0, 0.05) is 62.2 Å². The quantitative estimate of drug-likeness (QED) is 0.795. The Morgan fingerprint density at radius 3 is 2.83 bits per heavy atom. The summed E-state index contributed by atoms with van der Waals surface area (Å²) in [5, 5.41) is 0. The SMILES string of the molecule is CC(=O)N1C[C@@H]2C[C@H](C1)c1cc(-c3cnccn3)cc(=O)n1C2. The molecule has 0 saturated carbocycles. The molecule has 6 heteroatoms. The number of hydrogen-bond donors (Lipinski definition) is 0. The van der Waals surface area contributed by atoms with Gasteiger partial charge in [0.1, 0.15) is 0 Å². The second-order valence-electron chi connectivity index (χ2n) is 6.43. The number of fused-ring (bicyclic) bond motifs is 4. The van der Waals surface area contributed by atoms with E-state index in [-0.39, 0.29) is 17.4 Å². The van der Waals surface area contributed by atoms with Crippen molar-refractivity contribution in [3.05, 3.63) is 46.8 Å². The summed E-state index contributed by atoms with van der Waals surface area (Å²) in [4.78, 5) is 34.5. The Balaban J connectivity index is 1.79. The minimum absolute atomic E-state index is 0.00845. The van der Waals surface area contributed by atoms with Crippen molar-refractivity contribution in [2.24, 2.45) is 5.92 Å². The lowest BCUT2D eigenvalue weighted by Gasteiger charge is -2.42. The van der Waals surface area contributed by atoms with E-state index in [9.17, 15) is 9.59 Å². The first-order valence-electron chi connectivity index (χ1n) is 7.88. The lowest BCUT2D eigenvalue weighted by molar-refractivity contribution is -0.131. The van der Waals surface area contributed by atoms with Crippen molar-refractivity contribution < 1.29 is 4.79 Å². The maximum atomic E-state index is 12.5. The lowest BCUT2D eigenvalue weighted by Crippen LogP contribution is -2.48. The zero-order valence-electron chi connectivity index (χ0n) is 13.0. The van der Waals surface area contributed by atoms with E-state index in [4.69, 9.17) is 0 Å². The number of piperidine rings is 1. The van der Waals surface area contributed by atoms with Crippen LogP contribution in [0, 0.1) is 5.92 Å². The first-order valence-corrected chi connectivity index (χ1v) is 7.88. The summed E-state index contributed by atoms with van der Waals surface area (Å²) in [5.41, 5.74) is 2.52. The molecule has 2 aliphatic rings. The zero-order chi connectivity index (χ0) is 16.0. The molecule has 2 aliphatic heterocycles. The van der Waals surface area contributed by atoms with E-state index in [1.807, 2.05) is 15.5 Å². The average Bonchev–Trinajstić information content (AvgIpc) is 2.56. The minimum atomic E-state index is 0.00845. The highest BCUT2D eigenvalue weighted by Gasteiger charge is 2.35. The van der Waals surface area contributed by atoms with Crippen LogP contribution in [-0.4, -0.2) is 38.4 Å². The van der Waals surface area contributed by atoms with Crippen LogP contribution in [0.3, 0.4) is 0 Å². The molecule has 0 unspecified atom stereocenters. The molecular weight excluding hydrogens is 292 g/mol. The maximum absolute atomic E-state index is 12.5. The molecule has 4 rings (SSSR count). The van der Waals surface area contributed by atoms with Crippen LogP contribution in [-0.2, 0) is 11.3 Å². The van der Waals surface area contributed by atoms with E-state index in [0.29, 0.717) is 24.7 Å². The fourth-order valence-electron chi connectivity index (χ4n) is 3.81. The van der Waals surface area contributed by atoms with E-state index in [2.05, 4.69) is 9.97 Å². The Kier molecular flexibility index (Phi) is 3.25. The highest BCUT2D eigenvalue weighted by atomic mass is 16.2. The first-order chi connectivity index (χ1) is 11.1. The molecule has 2 atom stereocenters. The van der Waals surface area contributed by atoms with Crippen molar-refractivity contribution >= 4 is 5.91 Å². The molecule has 118 valence electrons. The van der Waals surface area contributed by atoms with Crippen molar-refractivity contribution in [2.45, 2.75) is 25.8 Å². The fourth-order valence-corrected chi connectivity index (χ4v) is 3.81. The van der Waals surface area contributed by atoms with Crippen LogP contribution in [0.2, 0.25) is 0 Å². The molecule has 2 aromatic heterocycles. The molecule has 0 radical (unpaired) electrons. The summed E-state index contributed by atoms with van der Waals surface area (Å²) in [6, 6.07) is 3.67. The minimum Gasteiger partial charge on any atom is -0.342 e. The van der Waals surface area contributed by atoms with E-state index >= 15 is 0 Å². The second kappa shape index (κ2) is 5.30. The summed E-state index contributed by atoms with van der Waals surface area (Å²) in [6.07, 6.45) is 5.94. The van der Waals surface area contributed by atoms with Crippen molar-refractivity contribution in [3.8, 4) is 11.3 Å². The van der Waals surface area contributed by atoms with Crippen molar-refractivity contribution in [3.63, 3.8) is 0 Å². The molecule has 1 fully saturated rings. The second-order valence-corrected chi connectivity index (χ2v) is 6.43. The van der Waals surface area contributed by atoms with Crippen LogP contribution < -0.4 is 5.56 Å². The summed E-state index contributed by atoms with van der Waals surface area (Å²) >= 11 is 0. The topological polar surface area (TPSA) is 68.1 Å². The highest BCUT2D eigenvalue weighted by molar-refractivity contribution is 5.73. The Labute approximate surface area is 133 Å². The predicted octanol–water partition coefficient (Wildman–Crippen LogP) is 1.27. The maximum Gasteiger partial charge on any atom is 0.251 e. The van der Waals surface area contributed by atoms with E-state index < -0.39 is 0 Å². The van der Waals surface area contributed by atoms with Crippen LogP contribution in [0.5, 0.6) is 0 Å². The Bertz CT molecular complexity index is 815. The zero-order valence-corrected chi connectivity index (χ0v) is 13.0. The summed E-state index contributed by atoms with van der Waals surface area (Å²) in [6.45, 7) is 3.75. The molecule has 2 bridgehead atoms. The number of likely N-dealkylation sites (tertiary alicyclic amines) is 1. The number of pyridine rings is 1. The van der Waals surface area contributed by atoms with Gasteiger partial charge in [0.25, 0.3) is 5.56 Å². The van der Waals surface area contributed by atoms with Crippen LogP contribution in [0.15, 0.2) is 35.5 Å². The van der Waals surface area contributed by atoms with Crippen molar-refractivity contribution in [1.29, 1.82) is 0 Å². The van der Waals surface area contributed by atoms with Gasteiger partial charge in [-0.15, -0.1) is 0 Å². The van der Waals surface area contributed by atoms with Crippen LogP contribution in [0.4, 0.5) is 0 Å². The normalized spacial score (nSPS) is 22.6. The monoisotopic (exact) mass is 310 g/mol. The fraction of sp³-hybridized carbons (Fsp3) is 0.412. The molecule has 0 aromatic carbocycles. The molecule has 4 heterocycles. The van der Waals surface area contributed by atoms with Gasteiger partial charge in [0.2, 0.25) is 5.91 Å². The Morgan fingerprint density at radius 1 is 1.22 bits per heavy atom. The van der Waals surface area contributed by atoms with Gasteiger partial charge in [-0.1, -0.05) is 0 Å². The van der Waals surface area contributed by atoms with Crippen LogP contribution in [0.25, 0.3) is 11.3 Å². The van der Waals surface area contributed by atoms with E-state index in [1.54, 1.807) is 31.6 Å². The van der Waals surface area contributed by atoms with Gasteiger partial charge < -0.3 is 9.47 Å². The third kappa shape index (κ3) is 2.44. The van der Waals surface area contributed by atoms with Gasteiger partial charge in [0.05, 0.1) is 11.9 Å². The number of carbonyl (C=O) groups is 1. The van der Waals surface area contributed by atoms with E-state index in [0.717, 1.165) is 24.2 Å². The molecule has 1 saturated heterocycles. The number of hydrogen-bond acceptors (Lipinski definition) is 4. The lowest BCUT2D eigenvalue weighted by atomic mass is 9.82. The summed E-state index contributed by atoms with van der Waals surface area (Å²) in [7, 11) is 0. The highest BCUT2D eigenvalue weighted by Crippen LogP contribution is 2.36. The molecule has 1 amide bonds. The number of rotatable bonds is 1. The molecule has 6 nitrogen and oxygen atoms in total. The molecule has 2 aromatic rings. The molecular formula is C17H18N4O2. The van der Waals surface area contributed by atoms with E-state index in [1.165, 1.54) is 0 Å². The van der Waals surface area contributed by atoms with Gasteiger partial charge in [-0.05, 0) is 18.4 Å². The van der Waals surface area contributed by atoms with Gasteiger partial charge in [-0.2, -0.15) is 0 Å². The smallest absolute Gasteiger partial charge is 0.251 e. The van der Waals surface area contributed by atoms with Crippen molar-refractivity contribution in [1.82, 2.24) is 19.4 Å². The van der Waals surface area contributed by atoms with Crippen LogP contribution in [0.1, 0.15) is 25.0 Å². The number of aromatic nitrogens is 3. The predicted molar refractivity (Wildman–Crippen MR) is 84.8 cm³/mol. The standard InChI is InChI=1S/C17H18N4O2/c1-11(22)20-8-12-4-14(10-20)16-5-13(6-17(23)21(16)9-12)15-7-18-2-3-19-15/h2-3,5-7,12,14H,4,8-10H2,1H3/t12-,14+/m0/s1.